The minimum Gasteiger partial charge on any atom is -0.443 e. The summed E-state index contributed by atoms with van der Waals surface area (Å²) in [6, 6.07) is 7.30. The summed E-state index contributed by atoms with van der Waals surface area (Å²) in [6.45, 7) is 0.262. The quantitative estimate of drug-likeness (QED) is 0.581. The first-order valence-corrected chi connectivity index (χ1v) is 7.12. The molecule has 0 aliphatic rings. The Morgan fingerprint density at radius 2 is 2.24 bits per heavy atom. The van der Waals surface area contributed by atoms with Gasteiger partial charge in [-0.1, -0.05) is 6.07 Å². The van der Waals surface area contributed by atoms with Crippen molar-refractivity contribution in [3.05, 3.63) is 58.4 Å². The summed E-state index contributed by atoms with van der Waals surface area (Å²) in [6.07, 6.45) is 3.16. The molecule has 7 heteroatoms. The third-order valence-corrected chi connectivity index (χ3v) is 3.89. The zero-order valence-corrected chi connectivity index (χ0v) is 11.5. The second-order valence-electron chi connectivity index (χ2n) is 4.40. The summed E-state index contributed by atoms with van der Waals surface area (Å²) < 4.78 is 12.0. The Labute approximate surface area is 122 Å². The van der Waals surface area contributed by atoms with Crippen LogP contribution in [0.1, 0.15) is 5.69 Å². The van der Waals surface area contributed by atoms with Gasteiger partial charge in [0.15, 0.2) is 11.2 Å². The summed E-state index contributed by atoms with van der Waals surface area (Å²) in [5, 5.41) is 1.96. The zero-order valence-electron chi connectivity index (χ0n) is 10.7. The van der Waals surface area contributed by atoms with Crippen LogP contribution in [-0.2, 0) is 6.54 Å². The van der Waals surface area contributed by atoms with Gasteiger partial charge in [0.25, 0.3) is 0 Å². The number of pyridine rings is 1. The number of fused-ring (bicyclic) bond motifs is 1. The highest BCUT2D eigenvalue weighted by Crippen LogP contribution is 2.24. The maximum absolute atomic E-state index is 11.9. The molecule has 0 radical (unpaired) electrons. The molecular weight excluding hydrogens is 290 g/mol. The van der Waals surface area contributed by atoms with Gasteiger partial charge in [-0.2, -0.15) is 0 Å². The molecule has 21 heavy (non-hydrogen) atoms. The van der Waals surface area contributed by atoms with Gasteiger partial charge in [0.05, 0.1) is 17.1 Å². The van der Waals surface area contributed by atoms with Gasteiger partial charge in [0.1, 0.15) is 6.26 Å². The molecule has 0 unspecified atom stereocenters. The topological polar surface area (TPSA) is 74.1 Å². The first-order valence-electron chi connectivity index (χ1n) is 6.24. The van der Waals surface area contributed by atoms with Crippen molar-refractivity contribution in [1.29, 1.82) is 0 Å². The molecular formula is C14H9N3O3S. The van der Waals surface area contributed by atoms with E-state index in [1.807, 2.05) is 17.5 Å². The van der Waals surface area contributed by atoms with Crippen molar-refractivity contribution in [3.8, 4) is 10.8 Å². The summed E-state index contributed by atoms with van der Waals surface area (Å²) in [5.41, 5.74) is 1.61. The SMILES string of the molecule is O=c1oc2cccnc2n1Cc1coc(-c2cccs2)n1. The third-order valence-electron chi connectivity index (χ3n) is 3.03. The molecule has 0 saturated heterocycles. The Bertz CT molecular complexity index is 949. The smallest absolute Gasteiger partial charge is 0.421 e. The molecule has 0 N–H and O–H groups in total. The minimum atomic E-state index is -0.454. The van der Waals surface area contributed by atoms with Crippen LogP contribution in [0.3, 0.4) is 0 Å². The maximum Gasteiger partial charge on any atom is 0.421 e. The molecule has 0 amide bonds. The fraction of sp³-hybridized carbons (Fsp3) is 0.0714. The van der Waals surface area contributed by atoms with Gasteiger partial charge >= 0.3 is 5.76 Å². The molecule has 4 rings (SSSR count). The standard InChI is InChI=1S/C14H9N3O3S/c18-14-17(12-10(20-14)3-1-5-15-12)7-9-8-19-13(16-9)11-4-2-6-21-11/h1-6,8H,7H2. The summed E-state index contributed by atoms with van der Waals surface area (Å²) in [5.74, 6) is 0.0955. The number of rotatable bonds is 3. The molecule has 0 aliphatic heterocycles. The molecule has 4 heterocycles. The van der Waals surface area contributed by atoms with Crippen molar-refractivity contribution in [2.45, 2.75) is 6.54 Å². The van der Waals surface area contributed by atoms with E-state index < -0.39 is 5.76 Å². The number of nitrogens with zero attached hydrogens (tertiary/aromatic N) is 3. The Morgan fingerprint density at radius 1 is 1.29 bits per heavy atom. The first kappa shape index (κ1) is 12.1. The van der Waals surface area contributed by atoms with Gasteiger partial charge in [-0.25, -0.2) is 14.8 Å². The molecule has 0 fully saturated rings. The number of oxazole rings is 2. The van der Waals surface area contributed by atoms with E-state index in [9.17, 15) is 4.79 Å². The molecule has 0 atom stereocenters. The lowest BCUT2D eigenvalue weighted by Gasteiger charge is -1.96. The van der Waals surface area contributed by atoms with Crippen LogP contribution in [0.5, 0.6) is 0 Å². The second-order valence-corrected chi connectivity index (χ2v) is 5.35. The van der Waals surface area contributed by atoms with Crippen molar-refractivity contribution >= 4 is 22.6 Å². The van der Waals surface area contributed by atoms with Crippen LogP contribution in [0, 0.1) is 0 Å². The Kier molecular flexibility index (Phi) is 2.71. The molecule has 0 saturated carbocycles. The van der Waals surface area contributed by atoms with Gasteiger partial charge < -0.3 is 8.83 Å². The van der Waals surface area contributed by atoms with E-state index in [0.29, 0.717) is 22.8 Å². The Balaban J connectivity index is 1.72. The highest BCUT2D eigenvalue weighted by atomic mass is 32.1. The van der Waals surface area contributed by atoms with Crippen molar-refractivity contribution in [3.63, 3.8) is 0 Å². The highest BCUT2D eigenvalue weighted by molar-refractivity contribution is 7.13. The van der Waals surface area contributed by atoms with E-state index in [0.717, 1.165) is 4.88 Å². The zero-order chi connectivity index (χ0) is 14.2. The molecule has 6 nitrogen and oxygen atoms in total. The van der Waals surface area contributed by atoms with Crippen molar-refractivity contribution in [1.82, 2.24) is 14.5 Å². The molecule has 0 bridgehead atoms. The number of hydrogen-bond donors (Lipinski definition) is 0. The molecule has 104 valence electrons. The lowest BCUT2D eigenvalue weighted by Crippen LogP contribution is -2.15. The fourth-order valence-electron chi connectivity index (χ4n) is 2.09. The summed E-state index contributed by atoms with van der Waals surface area (Å²) >= 11 is 1.55. The van der Waals surface area contributed by atoms with Gasteiger partial charge in [0.2, 0.25) is 5.89 Å². The Hall–Kier alpha value is -2.67. The number of hydrogen-bond acceptors (Lipinski definition) is 6. The van der Waals surface area contributed by atoms with Crippen LogP contribution in [0.15, 0.2) is 55.7 Å². The van der Waals surface area contributed by atoms with E-state index in [4.69, 9.17) is 8.83 Å². The van der Waals surface area contributed by atoms with Crippen LogP contribution < -0.4 is 5.76 Å². The monoisotopic (exact) mass is 299 g/mol. The lowest BCUT2D eigenvalue weighted by molar-refractivity contribution is 0.515. The van der Waals surface area contributed by atoms with Crippen LogP contribution in [-0.4, -0.2) is 14.5 Å². The minimum absolute atomic E-state index is 0.262. The number of aromatic nitrogens is 3. The van der Waals surface area contributed by atoms with Crippen molar-refractivity contribution < 1.29 is 8.83 Å². The average Bonchev–Trinajstić information content (AvgIpc) is 3.20. The van der Waals surface area contributed by atoms with Crippen LogP contribution in [0.25, 0.3) is 22.0 Å². The van der Waals surface area contributed by atoms with Gasteiger partial charge in [-0.3, -0.25) is 4.57 Å². The van der Waals surface area contributed by atoms with Crippen LogP contribution >= 0.6 is 11.3 Å². The second kappa shape index (κ2) is 4.71. The molecule has 4 aromatic rings. The first-order chi connectivity index (χ1) is 10.3. The molecule has 0 spiro atoms. The lowest BCUT2D eigenvalue weighted by atomic mass is 10.4. The number of thiophene rings is 1. The van der Waals surface area contributed by atoms with E-state index in [2.05, 4.69) is 9.97 Å². The predicted molar refractivity (Wildman–Crippen MR) is 77.2 cm³/mol. The van der Waals surface area contributed by atoms with Gasteiger partial charge in [-0.05, 0) is 23.6 Å². The average molecular weight is 299 g/mol. The van der Waals surface area contributed by atoms with Crippen LogP contribution in [0.2, 0.25) is 0 Å². The van der Waals surface area contributed by atoms with E-state index in [1.165, 1.54) is 4.57 Å². The Morgan fingerprint density at radius 3 is 3.10 bits per heavy atom. The van der Waals surface area contributed by atoms with Gasteiger partial charge in [-0.15, -0.1) is 11.3 Å². The molecule has 4 aromatic heterocycles. The van der Waals surface area contributed by atoms with Crippen molar-refractivity contribution in [2.75, 3.05) is 0 Å². The third kappa shape index (κ3) is 2.07. The van der Waals surface area contributed by atoms with E-state index in [-0.39, 0.29) is 6.54 Å². The van der Waals surface area contributed by atoms with E-state index >= 15 is 0 Å². The van der Waals surface area contributed by atoms with E-state index in [1.54, 1.807) is 35.9 Å². The highest BCUT2D eigenvalue weighted by Gasteiger charge is 2.13. The van der Waals surface area contributed by atoms with Gasteiger partial charge in [0, 0.05) is 6.20 Å². The maximum atomic E-state index is 11.9. The fourth-order valence-corrected chi connectivity index (χ4v) is 2.75. The predicted octanol–water partition coefficient (Wildman–Crippen LogP) is 2.75. The molecule has 0 aromatic carbocycles. The molecule has 0 aliphatic carbocycles. The van der Waals surface area contributed by atoms with Crippen molar-refractivity contribution in [2.24, 2.45) is 0 Å². The normalized spacial score (nSPS) is 11.2. The largest absolute Gasteiger partial charge is 0.443 e. The summed E-state index contributed by atoms with van der Waals surface area (Å²) in [4.78, 5) is 21.4. The summed E-state index contributed by atoms with van der Waals surface area (Å²) in [7, 11) is 0. The van der Waals surface area contributed by atoms with Crippen LogP contribution in [0.4, 0.5) is 0 Å².